The van der Waals surface area contributed by atoms with E-state index in [1.54, 1.807) is 13.2 Å². The Labute approximate surface area is 134 Å². The van der Waals surface area contributed by atoms with Gasteiger partial charge in [-0.25, -0.2) is 0 Å². The number of thiophene rings is 1. The summed E-state index contributed by atoms with van der Waals surface area (Å²) in [5, 5.41) is 13.8. The molecule has 0 spiro atoms. The summed E-state index contributed by atoms with van der Waals surface area (Å²) in [5.41, 5.74) is 1.84. The van der Waals surface area contributed by atoms with E-state index in [9.17, 15) is 4.79 Å². The highest BCUT2D eigenvalue weighted by molar-refractivity contribution is 7.11. The van der Waals surface area contributed by atoms with Crippen molar-refractivity contribution in [1.82, 2.24) is 5.32 Å². The van der Waals surface area contributed by atoms with Gasteiger partial charge in [-0.05, 0) is 47.7 Å². The molecule has 0 radical (unpaired) electrons. The molecule has 0 aliphatic carbocycles. The van der Waals surface area contributed by atoms with Gasteiger partial charge in [-0.15, -0.1) is 11.3 Å². The van der Waals surface area contributed by atoms with Gasteiger partial charge in [-0.3, -0.25) is 4.79 Å². The molecule has 0 bridgehead atoms. The van der Waals surface area contributed by atoms with Crippen molar-refractivity contribution < 1.29 is 14.6 Å². The normalized spacial score (nSPS) is 12.3. The summed E-state index contributed by atoms with van der Waals surface area (Å²) >= 11 is 1.49. The number of benzene rings is 1. The van der Waals surface area contributed by atoms with Crippen LogP contribution in [0.2, 0.25) is 0 Å². The molecule has 0 fully saturated rings. The van der Waals surface area contributed by atoms with Crippen molar-refractivity contribution in [3.05, 3.63) is 57.8 Å². The lowest BCUT2D eigenvalue weighted by molar-refractivity contribution is -0.117. The maximum atomic E-state index is 12.0. The Bertz CT molecular complexity index is 663. The summed E-state index contributed by atoms with van der Waals surface area (Å²) < 4.78 is 5.18. The number of amides is 1. The number of aliphatic hydroxyl groups excluding tert-OH is 1. The molecule has 1 amide bonds. The third kappa shape index (κ3) is 4.44. The first-order valence-electron chi connectivity index (χ1n) is 6.93. The molecule has 1 unspecified atom stereocenters. The fourth-order valence-corrected chi connectivity index (χ4v) is 2.77. The van der Waals surface area contributed by atoms with Gasteiger partial charge in [0.05, 0.1) is 19.8 Å². The number of ether oxygens (including phenoxy) is 1. The van der Waals surface area contributed by atoms with E-state index >= 15 is 0 Å². The molecule has 1 aromatic carbocycles. The van der Waals surface area contributed by atoms with Crippen molar-refractivity contribution >= 4 is 23.3 Å². The zero-order valence-electron chi connectivity index (χ0n) is 12.6. The Morgan fingerprint density at radius 1 is 1.45 bits per heavy atom. The van der Waals surface area contributed by atoms with E-state index in [1.165, 1.54) is 17.4 Å². The number of rotatable bonds is 6. The average molecular weight is 317 g/mol. The van der Waals surface area contributed by atoms with Gasteiger partial charge in [-0.1, -0.05) is 12.1 Å². The molecule has 116 valence electrons. The minimum Gasteiger partial charge on any atom is -0.497 e. The number of hydrogen-bond donors (Lipinski definition) is 2. The second kappa shape index (κ2) is 7.77. The molecular formula is C17H19NO3S. The molecule has 2 aromatic rings. The van der Waals surface area contributed by atoms with Gasteiger partial charge in [0.2, 0.25) is 5.91 Å². The van der Waals surface area contributed by atoms with Gasteiger partial charge < -0.3 is 15.2 Å². The van der Waals surface area contributed by atoms with E-state index in [0.717, 1.165) is 21.8 Å². The molecule has 22 heavy (non-hydrogen) atoms. The van der Waals surface area contributed by atoms with E-state index < -0.39 is 0 Å². The fraction of sp³-hybridized carbons (Fsp3) is 0.235. The van der Waals surface area contributed by atoms with Gasteiger partial charge in [0.1, 0.15) is 5.75 Å². The first-order valence-corrected chi connectivity index (χ1v) is 7.81. The minimum absolute atomic E-state index is 0.0173. The third-order valence-electron chi connectivity index (χ3n) is 3.21. The molecule has 1 atom stereocenters. The van der Waals surface area contributed by atoms with Crippen LogP contribution < -0.4 is 10.1 Å². The van der Waals surface area contributed by atoms with Gasteiger partial charge in [0.25, 0.3) is 0 Å². The molecule has 1 aromatic heterocycles. The highest BCUT2D eigenvalue weighted by Gasteiger charge is 2.08. The van der Waals surface area contributed by atoms with Crippen LogP contribution in [0.25, 0.3) is 6.08 Å². The summed E-state index contributed by atoms with van der Waals surface area (Å²) in [6.07, 6.45) is 3.25. The summed E-state index contributed by atoms with van der Waals surface area (Å²) in [5.74, 6) is 0.610. The molecule has 2 rings (SSSR count). The van der Waals surface area contributed by atoms with E-state index in [2.05, 4.69) is 5.32 Å². The van der Waals surface area contributed by atoms with Crippen LogP contribution in [0.3, 0.4) is 0 Å². The number of methoxy groups -OCH3 is 1. The maximum absolute atomic E-state index is 12.0. The van der Waals surface area contributed by atoms with E-state index in [-0.39, 0.29) is 18.6 Å². The lowest BCUT2D eigenvalue weighted by Gasteiger charge is -2.13. The second-order valence-corrected chi connectivity index (χ2v) is 5.80. The number of aliphatic hydroxyl groups is 1. The lowest BCUT2D eigenvalue weighted by Crippen LogP contribution is -2.24. The van der Waals surface area contributed by atoms with Crippen LogP contribution in [0.15, 0.2) is 41.8 Å². The molecule has 0 aliphatic rings. The molecule has 2 N–H and O–H groups in total. The Kier molecular flexibility index (Phi) is 5.75. The molecule has 5 heteroatoms. The van der Waals surface area contributed by atoms with Crippen LogP contribution in [0.5, 0.6) is 5.75 Å². The maximum Gasteiger partial charge on any atom is 0.244 e. The van der Waals surface area contributed by atoms with Crippen molar-refractivity contribution in [2.45, 2.75) is 19.6 Å². The standard InChI is InChI=1S/C17H19NO3S/c1-12(14-4-3-5-15(9-14)21-2)18-17(20)7-6-16-8-13(10-19)11-22-16/h3-9,11-12,19H,10H2,1-2H3,(H,18,20)/b7-6+. The zero-order valence-corrected chi connectivity index (χ0v) is 13.4. The summed E-state index contributed by atoms with van der Waals surface area (Å²) in [4.78, 5) is 12.9. The summed E-state index contributed by atoms with van der Waals surface area (Å²) in [7, 11) is 1.62. The van der Waals surface area contributed by atoms with Crippen LogP contribution >= 0.6 is 11.3 Å². The minimum atomic E-state index is -0.158. The molecular weight excluding hydrogens is 298 g/mol. The smallest absolute Gasteiger partial charge is 0.244 e. The molecule has 0 aliphatic heterocycles. The lowest BCUT2D eigenvalue weighted by atomic mass is 10.1. The number of nitrogens with one attached hydrogen (secondary N) is 1. The number of carbonyl (C=O) groups excluding carboxylic acids is 1. The van der Waals surface area contributed by atoms with Crippen molar-refractivity contribution in [2.24, 2.45) is 0 Å². The van der Waals surface area contributed by atoms with Crippen molar-refractivity contribution in [3.8, 4) is 5.75 Å². The zero-order chi connectivity index (χ0) is 15.9. The van der Waals surface area contributed by atoms with E-state index in [4.69, 9.17) is 9.84 Å². The fourth-order valence-electron chi connectivity index (χ4n) is 1.98. The van der Waals surface area contributed by atoms with Gasteiger partial charge >= 0.3 is 0 Å². The van der Waals surface area contributed by atoms with Crippen LogP contribution in [0.1, 0.15) is 29.0 Å². The largest absolute Gasteiger partial charge is 0.497 e. The Morgan fingerprint density at radius 2 is 2.27 bits per heavy atom. The summed E-state index contributed by atoms with van der Waals surface area (Å²) in [6.45, 7) is 1.94. The highest BCUT2D eigenvalue weighted by atomic mass is 32.1. The van der Waals surface area contributed by atoms with Gasteiger partial charge in [0, 0.05) is 11.0 Å². The van der Waals surface area contributed by atoms with Gasteiger partial charge in [-0.2, -0.15) is 0 Å². The van der Waals surface area contributed by atoms with Crippen molar-refractivity contribution in [1.29, 1.82) is 0 Å². The molecule has 1 heterocycles. The van der Waals surface area contributed by atoms with Crippen LogP contribution in [-0.2, 0) is 11.4 Å². The van der Waals surface area contributed by atoms with Crippen LogP contribution in [0.4, 0.5) is 0 Å². The summed E-state index contributed by atoms with van der Waals surface area (Å²) in [6, 6.07) is 9.37. The van der Waals surface area contributed by atoms with Crippen LogP contribution in [-0.4, -0.2) is 18.1 Å². The Hall–Kier alpha value is -2.11. The topological polar surface area (TPSA) is 58.6 Å². The van der Waals surface area contributed by atoms with Crippen molar-refractivity contribution in [3.63, 3.8) is 0 Å². The molecule has 0 saturated carbocycles. The van der Waals surface area contributed by atoms with E-state index in [0.29, 0.717) is 0 Å². The number of hydrogen-bond acceptors (Lipinski definition) is 4. The Morgan fingerprint density at radius 3 is 2.95 bits per heavy atom. The SMILES string of the molecule is COc1cccc(C(C)NC(=O)/C=C/c2cc(CO)cs2)c1. The number of carbonyl (C=O) groups is 1. The highest BCUT2D eigenvalue weighted by Crippen LogP contribution is 2.19. The monoisotopic (exact) mass is 317 g/mol. The predicted octanol–water partition coefficient (Wildman–Crippen LogP) is 3.14. The molecule has 4 nitrogen and oxygen atoms in total. The van der Waals surface area contributed by atoms with Crippen LogP contribution in [0, 0.1) is 0 Å². The van der Waals surface area contributed by atoms with Gasteiger partial charge in [0.15, 0.2) is 0 Å². The van der Waals surface area contributed by atoms with Crippen molar-refractivity contribution in [2.75, 3.05) is 7.11 Å². The average Bonchev–Trinajstić information content (AvgIpc) is 3.01. The quantitative estimate of drug-likeness (QED) is 0.805. The first kappa shape index (κ1) is 16.3. The van der Waals surface area contributed by atoms with E-state index in [1.807, 2.05) is 42.6 Å². The second-order valence-electron chi connectivity index (χ2n) is 4.86. The Balaban J connectivity index is 1.95. The first-order chi connectivity index (χ1) is 10.6. The predicted molar refractivity (Wildman–Crippen MR) is 88.8 cm³/mol. The molecule has 0 saturated heterocycles. The third-order valence-corrected chi connectivity index (χ3v) is 4.15.